The Balaban J connectivity index is 2.93. The van der Waals surface area contributed by atoms with E-state index in [1.165, 1.54) is 0 Å². The van der Waals surface area contributed by atoms with Crippen molar-refractivity contribution < 1.29 is 0 Å². The summed E-state index contributed by atoms with van der Waals surface area (Å²) in [6, 6.07) is 1.72. The van der Waals surface area contributed by atoms with Crippen molar-refractivity contribution in [3.8, 4) is 0 Å². The molecule has 1 aromatic rings. The lowest BCUT2D eigenvalue weighted by molar-refractivity contribution is 0.649. The van der Waals surface area contributed by atoms with Crippen LogP contribution in [0, 0.1) is 0 Å². The van der Waals surface area contributed by atoms with Crippen LogP contribution in [0.3, 0.4) is 0 Å². The molecule has 13 heavy (non-hydrogen) atoms. The van der Waals surface area contributed by atoms with Gasteiger partial charge in [0, 0.05) is 12.1 Å². The Bertz CT molecular complexity index is 286. The lowest BCUT2D eigenvalue weighted by Crippen LogP contribution is -2.02. The van der Waals surface area contributed by atoms with Crippen LogP contribution in [-0.2, 0) is 0 Å². The third-order valence-electron chi connectivity index (χ3n) is 2.16. The average molecular weight is 199 g/mol. The molecule has 72 valence electrons. The third kappa shape index (κ3) is 2.34. The standard InChI is InChI=1S/C10H15ClN2/c1-3-4-7(2)10-9(12)8(11)5-6-13-10/h5-7H,3-4,12H2,1-2H3. The predicted octanol–water partition coefficient (Wildman–Crippen LogP) is 3.22. The van der Waals surface area contributed by atoms with Gasteiger partial charge in [-0.05, 0) is 12.5 Å². The fourth-order valence-electron chi connectivity index (χ4n) is 1.43. The molecule has 1 rings (SSSR count). The number of hydrogen-bond donors (Lipinski definition) is 1. The number of rotatable bonds is 3. The van der Waals surface area contributed by atoms with Crippen LogP contribution in [0.15, 0.2) is 12.3 Å². The molecule has 0 saturated heterocycles. The molecular weight excluding hydrogens is 184 g/mol. The summed E-state index contributed by atoms with van der Waals surface area (Å²) < 4.78 is 0. The SMILES string of the molecule is CCCC(C)c1nccc(Cl)c1N. The van der Waals surface area contributed by atoms with Crippen molar-refractivity contribution in [2.75, 3.05) is 5.73 Å². The molecule has 0 aliphatic heterocycles. The minimum absolute atomic E-state index is 0.392. The average Bonchev–Trinajstić information content (AvgIpc) is 2.10. The largest absolute Gasteiger partial charge is 0.396 e. The van der Waals surface area contributed by atoms with Crippen LogP contribution < -0.4 is 5.73 Å². The van der Waals surface area contributed by atoms with Crippen LogP contribution in [0.5, 0.6) is 0 Å². The number of nitrogens with two attached hydrogens (primary N) is 1. The summed E-state index contributed by atoms with van der Waals surface area (Å²) in [5.41, 5.74) is 7.37. The lowest BCUT2D eigenvalue weighted by Gasteiger charge is -2.12. The van der Waals surface area contributed by atoms with Crippen LogP contribution in [-0.4, -0.2) is 4.98 Å². The van der Waals surface area contributed by atoms with Crippen molar-refractivity contribution in [1.82, 2.24) is 4.98 Å². The molecule has 2 nitrogen and oxygen atoms in total. The summed E-state index contributed by atoms with van der Waals surface area (Å²) in [6.07, 6.45) is 3.94. The zero-order chi connectivity index (χ0) is 9.84. The first kappa shape index (κ1) is 10.3. The summed E-state index contributed by atoms with van der Waals surface area (Å²) in [5, 5.41) is 0.605. The second-order valence-electron chi connectivity index (χ2n) is 3.28. The fourth-order valence-corrected chi connectivity index (χ4v) is 1.58. The highest BCUT2D eigenvalue weighted by Gasteiger charge is 2.11. The highest BCUT2D eigenvalue weighted by atomic mass is 35.5. The summed E-state index contributed by atoms with van der Waals surface area (Å²) in [5.74, 6) is 0.392. The van der Waals surface area contributed by atoms with Crippen LogP contribution in [0.25, 0.3) is 0 Å². The first-order valence-electron chi connectivity index (χ1n) is 4.56. The van der Waals surface area contributed by atoms with Crippen molar-refractivity contribution in [3.05, 3.63) is 23.0 Å². The number of hydrogen-bond acceptors (Lipinski definition) is 2. The van der Waals surface area contributed by atoms with Gasteiger partial charge in [-0.25, -0.2) is 0 Å². The van der Waals surface area contributed by atoms with Gasteiger partial charge in [-0.15, -0.1) is 0 Å². The number of nitrogen functional groups attached to an aromatic ring is 1. The van der Waals surface area contributed by atoms with Gasteiger partial charge >= 0.3 is 0 Å². The Labute approximate surface area is 84.1 Å². The zero-order valence-electron chi connectivity index (χ0n) is 8.05. The van der Waals surface area contributed by atoms with Crippen molar-refractivity contribution in [3.63, 3.8) is 0 Å². The van der Waals surface area contributed by atoms with Gasteiger partial charge in [0.05, 0.1) is 16.4 Å². The molecule has 0 aliphatic carbocycles. The van der Waals surface area contributed by atoms with Gasteiger partial charge in [-0.2, -0.15) is 0 Å². The van der Waals surface area contributed by atoms with E-state index in [1.54, 1.807) is 12.3 Å². The smallest absolute Gasteiger partial charge is 0.0725 e. The molecule has 0 saturated carbocycles. The number of nitrogens with zero attached hydrogens (tertiary/aromatic N) is 1. The van der Waals surface area contributed by atoms with Crippen molar-refractivity contribution in [2.45, 2.75) is 32.6 Å². The van der Waals surface area contributed by atoms with E-state index < -0.39 is 0 Å². The molecule has 0 aromatic carbocycles. The fraction of sp³-hybridized carbons (Fsp3) is 0.500. The molecule has 0 amide bonds. The minimum Gasteiger partial charge on any atom is -0.396 e. The number of pyridine rings is 1. The Hall–Kier alpha value is -0.760. The summed E-state index contributed by atoms with van der Waals surface area (Å²) in [6.45, 7) is 4.27. The van der Waals surface area contributed by atoms with Crippen LogP contribution in [0.4, 0.5) is 5.69 Å². The Kier molecular flexibility index (Phi) is 3.55. The number of aromatic nitrogens is 1. The summed E-state index contributed by atoms with van der Waals surface area (Å²) >= 11 is 5.89. The molecule has 0 spiro atoms. The summed E-state index contributed by atoms with van der Waals surface area (Å²) in [4.78, 5) is 4.25. The van der Waals surface area contributed by atoms with E-state index in [-0.39, 0.29) is 0 Å². The predicted molar refractivity (Wildman–Crippen MR) is 57.0 cm³/mol. The highest BCUT2D eigenvalue weighted by molar-refractivity contribution is 6.33. The monoisotopic (exact) mass is 198 g/mol. The van der Waals surface area contributed by atoms with Gasteiger partial charge in [-0.3, -0.25) is 4.98 Å². The van der Waals surface area contributed by atoms with Crippen molar-refractivity contribution >= 4 is 17.3 Å². The molecule has 1 aromatic heterocycles. The highest BCUT2D eigenvalue weighted by Crippen LogP contribution is 2.28. The van der Waals surface area contributed by atoms with Gasteiger partial charge < -0.3 is 5.73 Å². The van der Waals surface area contributed by atoms with E-state index in [4.69, 9.17) is 17.3 Å². The molecular formula is C10H15ClN2. The molecule has 1 atom stereocenters. The molecule has 0 radical (unpaired) electrons. The zero-order valence-corrected chi connectivity index (χ0v) is 8.80. The van der Waals surface area contributed by atoms with E-state index in [1.807, 2.05) is 0 Å². The van der Waals surface area contributed by atoms with E-state index >= 15 is 0 Å². The lowest BCUT2D eigenvalue weighted by atomic mass is 10.0. The van der Waals surface area contributed by atoms with Crippen LogP contribution in [0.2, 0.25) is 5.02 Å². The van der Waals surface area contributed by atoms with Crippen LogP contribution in [0.1, 0.15) is 38.3 Å². The van der Waals surface area contributed by atoms with Gasteiger partial charge in [-0.1, -0.05) is 31.9 Å². The van der Waals surface area contributed by atoms with E-state index in [0.29, 0.717) is 16.6 Å². The van der Waals surface area contributed by atoms with Gasteiger partial charge in [0.15, 0.2) is 0 Å². The third-order valence-corrected chi connectivity index (χ3v) is 2.49. The topological polar surface area (TPSA) is 38.9 Å². The Morgan fingerprint density at radius 3 is 2.92 bits per heavy atom. The van der Waals surface area contributed by atoms with Crippen molar-refractivity contribution in [1.29, 1.82) is 0 Å². The van der Waals surface area contributed by atoms with Crippen molar-refractivity contribution in [2.24, 2.45) is 0 Å². The first-order valence-corrected chi connectivity index (χ1v) is 4.94. The normalized spacial score (nSPS) is 12.8. The van der Waals surface area contributed by atoms with Gasteiger partial charge in [0.2, 0.25) is 0 Å². The van der Waals surface area contributed by atoms with Crippen LogP contribution >= 0.6 is 11.6 Å². The second kappa shape index (κ2) is 4.47. The minimum atomic E-state index is 0.392. The first-order chi connectivity index (χ1) is 6.16. The number of anilines is 1. The summed E-state index contributed by atoms with van der Waals surface area (Å²) in [7, 11) is 0. The van der Waals surface area contributed by atoms with Gasteiger partial charge in [0.1, 0.15) is 0 Å². The van der Waals surface area contributed by atoms with E-state index in [9.17, 15) is 0 Å². The maximum atomic E-state index is 5.89. The molecule has 0 aliphatic rings. The van der Waals surface area contributed by atoms with Gasteiger partial charge in [0.25, 0.3) is 0 Å². The maximum Gasteiger partial charge on any atom is 0.0725 e. The maximum absolute atomic E-state index is 5.89. The molecule has 0 fully saturated rings. The molecule has 3 heteroatoms. The molecule has 1 unspecified atom stereocenters. The molecule has 0 bridgehead atoms. The Morgan fingerprint density at radius 2 is 2.31 bits per heavy atom. The molecule has 1 heterocycles. The van der Waals surface area contributed by atoms with E-state index in [2.05, 4.69) is 18.8 Å². The quantitative estimate of drug-likeness (QED) is 0.810. The Morgan fingerprint density at radius 1 is 1.62 bits per heavy atom. The second-order valence-corrected chi connectivity index (χ2v) is 3.69. The number of halogens is 1. The van der Waals surface area contributed by atoms with E-state index in [0.717, 1.165) is 18.5 Å². The molecule has 2 N–H and O–H groups in total.